The molecule has 132 valence electrons. The first-order valence-corrected chi connectivity index (χ1v) is 9.33. The molecule has 2 nitrogen and oxygen atoms in total. The highest BCUT2D eigenvalue weighted by Crippen LogP contribution is 2.19. The minimum absolute atomic E-state index is 0.758. The number of nitrogens with zero attached hydrogens (tertiary/aromatic N) is 1. The van der Waals surface area contributed by atoms with Crippen molar-refractivity contribution < 1.29 is 0 Å². The molecule has 1 aliphatic rings. The summed E-state index contributed by atoms with van der Waals surface area (Å²) in [5.74, 6) is 0. The zero-order valence-corrected chi connectivity index (χ0v) is 15.4. The van der Waals surface area contributed by atoms with Crippen molar-refractivity contribution in [1.29, 1.82) is 0 Å². The summed E-state index contributed by atoms with van der Waals surface area (Å²) >= 11 is 0. The fourth-order valence-electron chi connectivity index (χ4n) is 3.01. The molecule has 0 aromatic heterocycles. The van der Waals surface area contributed by atoms with E-state index in [1.54, 1.807) is 0 Å². The van der Waals surface area contributed by atoms with Crippen LogP contribution in [0.1, 0.15) is 37.3 Å². The molecule has 0 bridgehead atoms. The van der Waals surface area contributed by atoms with E-state index in [-0.39, 0.29) is 0 Å². The van der Waals surface area contributed by atoms with Crippen LogP contribution < -0.4 is 5.73 Å². The molecule has 0 atom stereocenters. The number of hydrogen-bond donors (Lipinski definition) is 1. The monoisotopic (exact) mass is 342 g/mol. The van der Waals surface area contributed by atoms with Gasteiger partial charge in [0.25, 0.3) is 0 Å². The van der Waals surface area contributed by atoms with Crippen LogP contribution in [0.3, 0.4) is 0 Å². The normalized spacial score (nSPS) is 15.0. The number of nitrogens with two attached hydrogens (primary N) is 1. The Labute approximate surface area is 156 Å². The van der Waals surface area contributed by atoms with E-state index in [1.165, 1.54) is 5.56 Å². The standard InChI is InChI=1S/C24H26N2/c1-2-9-19-14-16-21(17-15-19)24(26-22-12-7-4-8-13-22)18-23(25)20-10-5-3-6-11-20/h4-5,7-8,10-18H,2-3,6,9,25H2,1H3/b23-18-,26-24?. The number of para-hydroxylation sites is 1. The van der Waals surface area contributed by atoms with Crippen LogP contribution in [0.4, 0.5) is 5.69 Å². The highest BCUT2D eigenvalue weighted by atomic mass is 14.7. The smallest absolute Gasteiger partial charge is 0.0729 e. The van der Waals surface area contributed by atoms with Gasteiger partial charge < -0.3 is 5.73 Å². The minimum atomic E-state index is 0.758. The summed E-state index contributed by atoms with van der Waals surface area (Å²) < 4.78 is 0. The van der Waals surface area contributed by atoms with E-state index >= 15 is 0 Å². The first-order chi connectivity index (χ1) is 12.8. The molecule has 0 radical (unpaired) electrons. The molecule has 26 heavy (non-hydrogen) atoms. The Balaban J connectivity index is 1.98. The van der Waals surface area contributed by atoms with Crippen LogP contribution >= 0.6 is 0 Å². The minimum Gasteiger partial charge on any atom is -0.398 e. The molecule has 0 saturated carbocycles. The lowest BCUT2D eigenvalue weighted by Crippen LogP contribution is -2.07. The zero-order chi connectivity index (χ0) is 18.2. The molecule has 0 aliphatic heterocycles. The predicted molar refractivity (Wildman–Crippen MR) is 112 cm³/mol. The summed E-state index contributed by atoms with van der Waals surface area (Å²) in [5, 5.41) is 0. The van der Waals surface area contributed by atoms with Crippen molar-refractivity contribution in [3.8, 4) is 0 Å². The average Bonchev–Trinajstić information content (AvgIpc) is 2.70. The van der Waals surface area contributed by atoms with Gasteiger partial charge in [0.15, 0.2) is 0 Å². The molecule has 0 unspecified atom stereocenters. The Morgan fingerprint density at radius 1 is 1.04 bits per heavy atom. The second-order valence-electron chi connectivity index (χ2n) is 6.52. The summed E-state index contributed by atoms with van der Waals surface area (Å²) in [6.45, 7) is 2.20. The maximum atomic E-state index is 6.38. The van der Waals surface area contributed by atoms with Gasteiger partial charge in [-0.15, -0.1) is 0 Å². The molecule has 2 aromatic carbocycles. The quantitative estimate of drug-likeness (QED) is 0.654. The lowest BCUT2D eigenvalue weighted by molar-refractivity contribution is 0.922. The number of aryl methyl sites for hydroxylation is 1. The Morgan fingerprint density at radius 3 is 2.46 bits per heavy atom. The van der Waals surface area contributed by atoms with Gasteiger partial charge in [0.2, 0.25) is 0 Å². The van der Waals surface area contributed by atoms with E-state index in [2.05, 4.69) is 49.4 Å². The Morgan fingerprint density at radius 2 is 1.81 bits per heavy atom. The topological polar surface area (TPSA) is 38.4 Å². The van der Waals surface area contributed by atoms with Crippen LogP contribution in [-0.4, -0.2) is 5.71 Å². The maximum absolute atomic E-state index is 6.38. The van der Waals surface area contributed by atoms with Crippen LogP contribution in [-0.2, 0) is 6.42 Å². The molecule has 0 fully saturated rings. The predicted octanol–water partition coefficient (Wildman–Crippen LogP) is 5.88. The first-order valence-electron chi connectivity index (χ1n) is 9.33. The molecule has 2 N–H and O–H groups in total. The van der Waals surface area contributed by atoms with Crippen LogP contribution in [0, 0.1) is 0 Å². The number of rotatable bonds is 6. The maximum Gasteiger partial charge on any atom is 0.0729 e. The van der Waals surface area contributed by atoms with Crippen molar-refractivity contribution in [2.75, 3.05) is 0 Å². The summed E-state index contributed by atoms with van der Waals surface area (Å²) in [7, 11) is 0. The third-order valence-corrected chi connectivity index (χ3v) is 4.41. The van der Waals surface area contributed by atoms with Crippen molar-refractivity contribution >= 4 is 11.4 Å². The lowest BCUT2D eigenvalue weighted by atomic mass is 10.0. The molecule has 2 heteroatoms. The zero-order valence-electron chi connectivity index (χ0n) is 15.4. The molecule has 0 saturated heterocycles. The van der Waals surface area contributed by atoms with Gasteiger partial charge in [-0.05, 0) is 48.6 Å². The molecule has 0 heterocycles. The molecule has 1 aliphatic carbocycles. The van der Waals surface area contributed by atoms with Crippen LogP contribution in [0.25, 0.3) is 0 Å². The summed E-state index contributed by atoms with van der Waals surface area (Å²) in [6, 6.07) is 18.7. The van der Waals surface area contributed by atoms with E-state index in [4.69, 9.17) is 10.7 Å². The largest absolute Gasteiger partial charge is 0.398 e. The number of hydrogen-bond acceptors (Lipinski definition) is 2. The fourth-order valence-corrected chi connectivity index (χ4v) is 3.01. The van der Waals surface area contributed by atoms with E-state index in [0.29, 0.717) is 0 Å². The highest BCUT2D eigenvalue weighted by molar-refractivity contribution is 6.10. The van der Waals surface area contributed by atoms with Crippen LogP contribution in [0.15, 0.2) is 95.2 Å². The van der Waals surface area contributed by atoms with Gasteiger partial charge in [0, 0.05) is 11.3 Å². The van der Waals surface area contributed by atoms with E-state index < -0.39 is 0 Å². The summed E-state index contributed by atoms with van der Waals surface area (Å²) in [5.41, 5.74) is 12.5. The second-order valence-corrected chi connectivity index (χ2v) is 6.52. The van der Waals surface area contributed by atoms with Gasteiger partial charge in [-0.1, -0.05) is 74.0 Å². The van der Waals surface area contributed by atoms with Crippen molar-refractivity contribution in [3.05, 3.63) is 101 Å². The fraction of sp³-hybridized carbons (Fsp3) is 0.208. The molecule has 3 rings (SSSR count). The van der Waals surface area contributed by atoms with Crippen molar-refractivity contribution in [1.82, 2.24) is 0 Å². The van der Waals surface area contributed by atoms with E-state index in [9.17, 15) is 0 Å². The van der Waals surface area contributed by atoms with Crippen LogP contribution in [0.5, 0.6) is 0 Å². The summed E-state index contributed by atoms with van der Waals surface area (Å²) in [6.07, 6.45) is 12.8. The Hall–Kier alpha value is -2.87. The molecule has 0 amide bonds. The van der Waals surface area contributed by atoms with E-state index in [1.807, 2.05) is 36.4 Å². The second kappa shape index (κ2) is 9.00. The lowest BCUT2D eigenvalue weighted by Gasteiger charge is -2.10. The molecule has 2 aromatic rings. The van der Waals surface area contributed by atoms with E-state index in [0.717, 1.165) is 53.9 Å². The van der Waals surface area contributed by atoms with Crippen molar-refractivity contribution in [2.45, 2.75) is 32.6 Å². The Kier molecular flexibility index (Phi) is 6.21. The highest BCUT2D eigenvalue weighted by Gasteiger charge is 2.06. The average molecular weight is 342 g/mol. The number of allylic oxidation sites excluding steroid dienone is 4. The van der Waals surface area contributed by atoms with Gasteiger partial charge in [0.1, 0.15) is 0 Å². The Bertz CT molecular complexity index is 838. The van der Waals surface area contributed by atoms with Gasteiger partial charge >= 0.3 is 0 Å². The SMILES string of the molecule is CCCc1ccc(C(/C=C(\N)C2=CCCC=C2)=Nc2ccccc2)cc1. The van der Waals surface area contributed by atoms with Gasteiger partial charge in [-0.3, -0.25) is 0 Å². The first kappa shape index (κ1) is 17.9. The van der Waals surface area contributed by atoms with Crippen molar-refractivity contribution in [3.63, 3.8) is 0 Å². The van der Waals surface area contributed by atoms with Crippen LogP contribution in [0.2, 0.25) is 0 Å². The number of benzene rings is 2. The van der Waals surface area contributed by atoms with Gasteiger partial charge in [-0.2, -0.15) is 0 Å². The number of aliphatic imine (C=N–C) groups is 1. The third-order valence-electron chi connectivity index (χ3n) is 4.41. The summed E-state index contributed by atoms with van der Waals surface area (Å²) in [4.78, 5) is 4.85. The molecular weight excluding hydrogens is 316 g/mol. The van der Waals surface area contributed by atoms with Gasteiger partial charge in [0.05, 0.1) is 11.4 Å². The third kappa shape index (κ3) is 4.82. The van der Waals surface area contributed by atoms with Gasteiger partial charge in [-0.25, -0.2) is 4.99 Å². The molecular formula is C24H26N2. The molecule has 0 spiro atoms. The van der Waals surface area contributed by atoms with Crippen molar-refractivity contribution in [2.24, 2.45) is 10.7 Å².